The second-order valence-corrected chi connectivity index (χ2v) is 5.00. The van der Waals surface area contributed by atoms with E-state index in [1.165, 1.54) is 18.2 Å². The van der Waals surface area contributed by atoms with Gasteiger partial charge >= 0.3 is 5.97 Å². The zero-order valence-corrected chi connectivity index (χ0v) is 11.4. The van der Waals surface area contributed by atoms with E-state index in [4.69, 9.17) is 4.74 Å². The number of carbonyl (C=O) groups excluding carboxylic acids is 1. The number of esters is 1. The third kappa shape index (κ3) is 2.64. The lowest BCUT2D eigenvalue weighted by atomic mass is 10.1. The largest absolute Gasteiger partial charge is 0.465 e. The maximum Gasteiger partial charge on any atom is 0.337 e. The maximum atomic E-state index is 11.4. The summed E-state index contributed by atoms with van der Waals surface area (Å²) in [4.78, 5) is 11.4. The molecular weight excluding hydrogens is 248 g/mol. The van der Waals surface area contributed by atoms with E-state index >= 15 is 0 Å². The smallest absolute Gasteiger partial charge is 0.337 e. The van der Waals surface area contributed by atoms with Crippen molar-refractivity contribution in [1.29, 1.82) is 0 Å². The van der Waals surface area contributed by atoms with Crippen molar-refractivity contribution in [3.05, 3.63) is 76.9 Å². The van der Waals surface area contributed by atoms with Gasteiger partial charge in [0.25, 0.3) is 0 Å². The van der Waals surface area contributed by atoms with Gasteiger partial charge in [0.15, 0.2) is 0 Å². The lowest BCUT2D eigenvalue weighted by molar-refractivity contribution is 0.0601. The van der Waals surface area contributed by atoms with Gasteiger partial charge < -0.3 is 4.74 Å². The highest BCUT2D eigenvalue weighted by atomic mass is 16.5. The Labute approximate surface area is 118 Å². The molecule has 0 bridgehead atoms. The molecule has 1 aliphatic carbocycles. The molecule has 100 valence electrons. The summed E-state index contributed by atoms with van der Waals surface area (Å²) in [6, 6.07) is 18.1. The van der Waals surface area contributed by atoms with Gasteiger partial charge in [-0.1, -0.05) is 54.1 Å². The van der Waals surface area contributed by atoms with Gasteiger partial charge in [0, 0.05) is 5.92 Å². The first kappa shape index (κ1) is 12.7. The zero-order valence-electron chi connectivity index (χ0n) is 11.4. The van der Waals surface area contributed by atoms with Gasteiger partial charge in [-0.25, -0.2) is 4.79 Å². The lowest BCUT2D eigenvalue weighted by Crippen LogP contribution is -2.00. The first-order chi connectivity index (χ1) is 9.78. The average Bonchev–Trinajstić information content (AvgIpc) is 3.27. The first-order valence-corrected chi connectivity index (χ1v) is 6.72. The topological polar surface area (TPSA) is 26.3 Å². The molecule has 3 rings (SSSR count). The van der Waals surface area contributed by atoms with Crippen molar-refractivity contribution in [2.75, 3.05) is 7.11 Å². The van der Waals surface area contributed by atoms with Crippen LogP contribution >= 0.6 is 0 Å². The van der Waals surface area contributed by atoms with Crippen LogP contribution in [-0.4, -0.2) is 13.1 Å². The molecule has 1 atom stereocenters. The van der Waals surface area contributed by atoms with E-state index in [9.17, 15) is 4.79 Å². The SMILES string of the molecule is COC(=O)c1ccc(/C=C2/C[C@H]2c2ccccc2)cc1. The van der Waals surface area contributed by atoms with Gasteiger partial charge in [0.2, 0.25) is 0 Å². The van der Waals surface area contributed by atoms with Crippen molar-refractivity contribution >= 4 is 12.0 Å². The molecule has 0 aliphatic heterocycles. The summed E-state index contributed by atoms with van der Waals surface area (Å²) in [5, 5.41) is 0. The average molecular weight is 264 g/mol. The lowest BCUT2D eigenvalue weighted by Gasteiger charge is -1.99. The number of ether oxygens (including phenoxy) is 1. The summed E-state index contributed by atoms with van der Waals surface area (Å²) in [5.74, 6) is 0.272. The van der Waals surface area contributed by atoms with Crippen LogP contribution in [0.1, 0.15) is 33.8 Å². The Morgan fingerprint density at radius 2 is 1.80 bits per heavy atom. The molecule has 20 heavy (non-hydrogen) atoms. The molecular formula is C18H16O2. The number of methoxy groups -OCH3 is 1. The van der Waals surface area contributed by atoms with Gasteiger partial charge in [-0.2, -0.15) is 0 Å². The number of carbonyl (C=O) groups is 1. The van der Waals surface area contributed by atoms with Crippen molar-refractivity contribution in [1.82, 2.24) is 0 Å². The highest BCUT2D eigenvalue weighted by Crippen LogP contribution is 2.47. The van der Waals surface area contributed by atoms with Crippen LogP contribution < -0.4 is 0 Å². The van der Waals surface area contributed by atoms with Gasteiger partial charge in [-0.15, -0.1) is 0 Å². The molecule has 1 saturated carbocycles. The van der Waals surface area contributed by atoms with Crippen molar-refractivity contribution in [2.24, 2.45) is 0 Å². The van der Waals surface area contributed by atoms with E-state index in [1.807, 2.05) is 18.2 Å². The molecule has 0 saturated heterocycles. The Balaban J connectivity index is 1.73. The summed E-state index contributed by atoms with van der Waals surface area (Å²) in [7, 11) is 1.40. The van der Waals surface area contributed by atoms with E-state index in [-0.39, 0.29) is 5.97 Å². The Morgan fingerprint density at radius 1 is 1.10 bits per heavy atom. The summed E-state index contributed by atoms with van der Waals surface area (Å²) in [6.07, 6.45) is 3.33. The van der Waals surface area contributed by atoms with Crippen LogP contribution in [-0.2, 0) is 4.74 Å². The predicted octanol–water partition coefficient (Wildman–Crippen LogP) is 4.04. The van der Waals surface area contributed by atoms with Gasteiger partial charge in [-0.3, -0.25) is 0 Å². The Morgan fingerprint density at radius 3 is 2.45 bits per heavy atom. The maximum absolute atomic E-state index is 11.4. The Hall–Kier alpha value is -2.35. The van der Waals surface area contributed by atoms with Crippen LogP contribution in [0.15, 0.2) is 60.2 Å². The Kier molecular flexibility index (Phi) is 3.38. The molecule has 0 radical (unpaired) electrons. The highest BCUT2D eigenvalue weighted by molar-refractivity contribution is 5.89. The van der Waals surface area contributed by atoms with Crippen LogP contribution in [0.4, 0.5) is 0 Å². The van der Waals surface area contributed by atoms with Crippen LogP contribution in [0.5, 0.6) is 0 Å². The second kappa shape index (κ2) is 5.33. The molecule has 2 heteroatoms. The fourth-order valence-electron chi connectivity index (χ4n) is 2.40. The number of benzene rings is 2. The summed E-state index contributed by atoms with van der Waals surface area (Å²) < 4.78 is 4.69. The van der Waals surface area contributed by atoms with Crippen LogP contribution in [0.3, 0.4) is 0 Å². The van der Waals surface area contributed by atoms with E-state index in [0.717, 1.165) is 12.0 Å². The third-order valence-corrected chi connectivity index (χ3v) is 3.61. The van der Waals surface area contributed by atoms with E-state index in [0.29, 0.717) is 11.5 Å². The second-order valence-electron chi connectivity index (χ2n) is 5.00. The third-order valence-electron chi connectivity index (χ3n) is 3.61. The number of rotatable bonds is 3. The van der Waals surface area contributed by atoms with E-state index < -0.39 is 0 Å². The molecule has 1 fully saturated rings. The molecule has 0 spiro atoms. The molecule has 2 nitrogen and oxygen atoms in total. The molecule has 0 N–H and O–H groups in total. The molecule has 0 amide bonds. The van der Waals surface area contributed by atoms with Crippen LogP contribution in [0.25, 0.3) is 6.08 Å². The fraction of sp³-hybridized carbons (Fsp3) is 0.167. The summed E-state index contributed by atoms with van der Waals surface area (Å²) in [6.45, 7) is 0. The molecule has 1 aliphatic rings. The number of hydrogen-bond acceptors (Lipinski definition) is 2. The predicted molar refractivity (Wildman–Crippen MR) is 79.6 cm³/mol. The van der Waals surface area contributed by atoms with E-state index in [2.05, 4.69) is 30.3 Å². The monoisotopic (exact) mass is 264 g/mol. The zero-order chi connectivity index (χ0) is 13.9. The first-order valence-electron chi connectivity index (χ1n) is 6.72. The van der Waals surface area contributed by atoms with Gasteiger partial charge in [0.05, 0.1) is 12.7 Å². The standard InChI is InChI=1S/C18H16O2/c1-20-18(19)15-9-7-13(8-10-15)11-16-12-17(16)14-5-3-2-4-6-14/h2-11,17H,12H2,1H3/b16-11-/t17-/m0/s1. The summed E-state index contributed by atoms with van der Waals surface area (Å²) >= 11 is 0. The van der Waals surface area contributed by atoms with Crippen molar-refractivity contribution < 1.29 is 9.53 Å². The molecule has 2 aromatic rings. The van der Waals surface area contributed by atoms with Gasteiger partial charge in [-0.05, 0) is 29.7 Å². The Bertz CT molecular complexity index is 639. The molecule has 0 unspecified atom stereocenters. The van der Waals surface area contributed by atoms with Crippen molar-refractivity contribution in [3.63, 3.8) is 0 Å². The quantitative estimate of drug-likeness (QED) is 0.782. The summed E-state index contributed by atoms with van der Waals surface area (Å²) in [5.41, 5.74) is 4.54. The van der Waals surface area contributed by atoms with Crippen molar-refractivity contribution in [3.8, 4) is 0 Å². The minimum atomic E-state index is -0.294. The van der Waals surface area contributed by atoms with Crippen LogP contribution in [0.2, 0.25) is 0 Å². The van der Waals surface area contributed by atoms with Crippen LogP contribution in [0, 0.1) is 0 Å². The fourth-order valence-corrected chi connectivity index (χ4v) is 2.40. The highest BCUT2D eigenvalue weighted by Gasteiger charge is 2.30. The minimum Gasteiger partial charge on any atom is -0.465 e. The molecule has 0 aromatic heterocycles. The number of hydrogen-bond donors (Lipinski definition) is 0. The number of allylic oxidation sites excluding steroid dienone is 1. The van der Waals surface area contributed by atoms with Gasteiger partial charge in [0.1, 0.15) is 0 Å². The molecule has 2 aromatic carbocycles. The van der Waals surface area contributed by atoms with Crippen molar-refractivity contribution in [2.45, 2.75) is 12.3 Å². The van der Waals surface area contributed by atoms with E-state index in [1.54, 1.807) is 12.1 Å². The molecule has 0 heterocycles. The minimum absolute atomic E-state index is 0.294. The normalized spacial score (nSPS) is 18.9.